The number of unbranched alkanes of at least 4 members (excludes halogenated alkanes) is 2. The van der Waals surface area contributed by atoms with Crippen LogP contribution in [0, 0.1) is 0 Å². The van der Waals surface area contributed by atoms with Crippen molar-refractivity contribution in [2.45, 2.75) is 64.2 Å². The van der Waals surface area contributed by atoms with Crippen molar-refractivity contribution in [3.05, 3.63) is 66.8 Å². The summed E-state index contributed by atoms with van der Waals surface area (Å²) in [7, 11) is 0. The maximum absolute atomic E-state index is 13.3. The van der Waals surface area contributed by atoms with Crippen molar-refractivity contribution < 1.29 is 18.4 Å². The van der Waals surface area contributed by atoms with E-state index >= 15 is 0 Å². The first kappa shape index (κ1) is 25.5. The first-order chi connectivity index (χ1) is 17.5. The van der Waals surface area contributed by atoms with Gasteiger partial charge in [0.2, 0.25) is 11.8 Å². The zero-order valence-corrected chi connectivity index (χ0v) is 20.8. The third-order valence-electron chi connectivity index (χ3n) is 6.14. The molecule has 4 rings (SSSR count). The van der Waals surface area contributed by atoms with Gasteiger partial charge >= 0.3 is 0 Å². The Morgan fingerprint density at radius 3 is 2.67 bits per heavy atom. The number of allylic oxidation sites excluding steroid dienone is 1. The Kier molecular flexibility index (Phi) is 8.81. The van der Waals surface area contributed by atoms with Crippen molar-refractivity contribution in [2.24, 2.45) is 0 Å². The number of amides is 1. The lowest BCUT2D eigenvalue weighted by molar-refractivity contribution is -0.118. The number of aryl methyl sites for hydroxylation is 1. The maximum atomic E-state index is 13.3. The van der Waals surface area contributed by atoms with Crippen LogP contribution in [-0.2, 0) is 11.2 Å². The van der Waals surface area contributed by atoms with Crippen LogP contribution in [0.25, 0.3) is 11.1 Å². The van der Waals surface area contributed by atoms with Crippen LogP contribution in [0.1, 0.15) is 69.5 Å². The minimum Gasteiger partial charge on any atom is -0.494 e. The number of ether oxygens (including phenoxy) is 1. The number of anilines is 1. The highest BCUT2D eigenvalue weighted by Crippen LogP contribution is 2.38. The Bertz CT molecular complexity index is 1160. The lowest BCUT2D eigenvalue weighted by atomic mass is 10.1. The molecule has 36 heavy (non-hydrogen) atoms. The van der Waals surface area contributed by atoms with Gasteiger partial charge in [0.1, 0.15) is 5.75 Å². The first-order valence-corrected chi connectivity index (χ1v) is 12.7. The third kappa shape index (κ3) is 7.23. The molecule has 0 unspecified atom stereocenters. The zero-order valence-electron chi connectivity index (χ0n) is 20.8. The number of rotatable bonds is 14. The highest BCUT2D eigenvalue weighted by Gasteiger charge is 2.28. The Balaban J connectivity index is 1.38. The molecule has 1 saturated carbocycles. The Labute approximate surface area is 211 Å². The van der Waals surface area contributed by atoms with Crippen molar-refractivity contribution in [3.8, 4) is 16.9 Å². The number of benzene rings is 1. The second kappa shape index (κ2) is 12.4. The Morgan fingerprint density at radius 1 is 1.14 bits per heavy atom. The molecule has 3 aromatic rings. The molecule has 0 N–H and O–H groups in total. The van der Waals surface area contributed by atoms with E-state index in [9.17, 15) is 9.18 Å². The molecule has 1 fully saturated rings. The zero-order chi connectivity index (χ0) is 25.3. The minimum absolute atomic E-state index is 0.0157. The monoisotopic (exact) mass is 492 g/mol. The van der Waals surface area contributed by atoms with Crippen LogP contribution in [0.4, 0.5) is 10.1 Å². The number of pyridine rings is 1. The van der Waals surface area contributed by atoms with Gasteiger partial charge in [0.15, 0.2) is 5.82 Å². The molecule has 190 valence electrons. The van der Waals surface area contributed by atoms with Crippen molar-refractivity contribution in [1.29, 1.82) is 0 Å². The van der Waals surface area contributed by atoms with Gasteiger partial charge < -0.3 is 14.2 Å². The second-order valence-corrected chi connectivity index (χ2v) is 9.08. The minimum atomic E-state index is -0.491. The standard InChI is InChI=1S/C28H33FN4O3/c1-3-35-25-13-11-21(12-14-25)23-17-24(19-30-18-23)33(27(34)15-8-20(2)29)16-6-4-5-7-26-31-28(32-36-26)22-9-10-22/h11-14,17-19,22H,2-10,15-16H2,1H3. The predicted molar refractivity (Wildman–Crippen MR) is 137 cm³/mol. The molecule has 1 aliphatic rings. The van der Waals surface area contributed by atoms with Gasteiger partial charge in [-0.2, -0.15) is 4.98 Å². The SMILES string of the molecule is C=C(F)CCC(=O)N(CCCCCc1nc(C2CC2)no1)c1cncc(-c2ccc(OCC)cc2)c1. The van der Waals surface area contributed by atoms with Gasteiger partial charge in [0, 0.05) is 43.5 Å². The van der Waals surface area contributed by atoms with Gasteiger partial charge in [-0.05, 0) is 56.4 Å². The van der Waals surface area contributed by atoms with Crippen LogP contribution in [0.2, 0.25) is 0 Å². The fourth-order valence-corrected chi connectivity index (χ4v) is 4.02. The maximum Gasteiger partial charge on any atom is 0.227 e. The van der Waals surface area contributed by atoms with E-state index in [1.807, 2.05) is 37.3 Å². The summed E-state index contributed by atoms with van der Waals surface area (Å²) in [4.78, 5) is 23.6. The summed E-state index contributed by atoms with van der Waals surface area (Å²) >= 11 is 0. The van der Waals surface area contributed by atoms with Gasteiger partial charge in [-0.1, -0.05) is 30.3 Å². The molecule has 0 radical (unpaired) electrons. The van der Waals surface area contributed by atoms with E-state index in [1.54, 1.807) is 17.3 Å². The molecule has 7 nitrogen and oxygen atoms in total. The van der Waals surface area contributed by atoms with E-state index < -0.39 is 5.83 Å². The van der Waals surface area contributed by atoms with Gasteiger partial charge in [0.05, 0.1) is 24.3 Å². The highest BCUT2D eigenvalue weighted by atomic mass is 19.1. The predicted octanol–water partition coefficient (Wildman–Crippen LogP) is 6.42. The highest BCUT2D eigenvalue weighted by molar-refractivity contribution is 5.94. The van der Waals surface area contributed by atoms with Crippen LogP contribution in [0.15, 0.2) is 59.7 Å². The number of carbonyl (C=O) groups is 1. The molecule has 0 atom stereocenters. The molecular weight excluding hydrogens is 459 g/mol. The molecule has 1 aromatic carbocycles. The lowest BCUT2D eigenvalue weighted by Gasteiger charge is -2.23. The van der Waals surface area contributed by atoms with E-state index in [1.165, 1.54) is 0 Å². The third-order valence-corrected chi connectivity index (χ3v) is 6.14. The molecule has 8 heteroatoms. The first-order valence-electron chi connectivity index (χ1n) is 12.7. The summed E-state index contributed by atoms with van der Waals surface area (Å²) in [5.41, 5.74) is 2.57. The number of halogens is 1. The summed E-state index contributed by atoms with van der Waals surface area (Å²) in [5, 5.41) is 4.06. The number of nitrogens with zero attached hydrogens (tertiary/aromatic N) is 4. The molecular formula is C28H33FN4O3. The van der Waals surface area contributed by atoms with Crippen molar-refractivity contribution in [2.75, 3.05) is 18.1 Å². The van der Waals surface area contributed by atoms with Crippen molar-refractivity contribution >= 4 is 11.6 Å². The topological polar surface area (TPSA) is 81.4 Å². The molecule has 2 heterocycles. The van der Waals surface area contributed by atoms with E-state index in [4.69, 9.17) is 9.26 Å². The largest absolute Gasteiger partial charge is 0.494 e. The quantitative estimate of drug-likeness (QED) is 0.242. The number of hydrogen-bond acceptors (Lipinski definition) is 6. The molecule has 0 saturated heterocycles. The number of carbonyl (C=O) groups excluding carboxylic acids is 1. The average Bonchev–Trinajstić information content (AvgIpc) is 3.63. The summed E-state index contributed by atoms with van der Waals surface area (Å²) < 4.78 is 24.1. The van der Waals surface area contributed by atoms with E-state index in [0.717, 1.165) is 61.2 Å². The van der Waals surface area contributed by atoms with Gasteiger partial charge in [-0.25, -0.2) is 4.39 Å². The molecule has 0 spiro atoms. The van der Waals surface area contributed by atoms with Crippen LogP contribution in [0.3, 0.4) is 0 Å². The molecule has 0 bridgehead atoms. The molecule has 2 aromatic heterocycles. The lowest BCUT2D eigenvalue weighted by Crippen LogP contribution is -2.32. The second-order valence-electron chi connectivity index (χ2n) is 9.08. The smallest absolute Gasteiger partial charge is 0.227 e. The van der Waals surface area contributed by atoms with Crippen LogP contribution in [0.5, 0.6) is 5.75 Å². The summed E-state index contributed by atoms with van der Waals surface area (Å²) in [6, 6.07) is 9.72. The number of aromatic nitrogens is 3. The molecule has 1 amide bonds. The van der Waals surface area contributed by atoms with Gasteiger partial charge in [0.25, 0.3) is 0 Å². The summed E-state index contributed by atoms with van der Waals surface area (Å²) in [5.74, 6) is 2.15. The van der Waals surface area contributed by atoms with Crippen LogP contribution in [-0.4, -0.2) is 34.2 Å². The summed E-state index contributed by atoms with van der Waals surface area (Å²) in [6.07, 6.45) is 9.12. The van der Waals surface area contributed by atoms with E-state index in [0.29, 0.717) is 30.6 Å². The fourth-order valence-electron chi connectivity index (χ4n) is 4.02. The van der Waals surface area contributed by atoms with E-state index in [-0.39, 0.29) is 18.7 Å². The fraction of sp³-hybridized carbons (Fsp3) is 0.429. The van der Waals surface area contributed by atoms with Crippen LogP contribution < -0.4 is 9.64 Å². The van der Waals surface area contributed by atoms with Crippen LogP contribution >= 0.6 is 0 Å². The van der Waals surface area contributed by atoms with Gasteiger partial charge in [-0.15, -0.1) is 0 Å². The Morgan fingerprint density at radius 2 is 1.94 bits per heavy atom. The average molecular weight is 493 g/mol. The molecule has 1 aliphatic carbocycles. The normalized spacial score (nSPS) is 12.9. The van der Waals surface area contributed by atoms with E-state index in [2.05, 4.69) is 21.7 Å². The Hall–Kier alpha value is -3.55. The summed E-state index contributed by atoms with van der Waals surface area (Å²) in [6.45, 7) is 6.35. The molecule has 0 aliphatic heterocycles. The van der Waals surface area contributed by atoms with Gasteiger partial charge in [-0.3, -0.25) is 9.78 Å². The van der Waals surface area contributed by atoms with Crippen molar-refractivity contribution in [1.82, 2.24) is 15.1 Å². The van der Waals surface area contributed by atoms with Crippen molar-refractivity contribution in [3.63, 3.8) is 0 Å². The number of hydrogen-bond donors (Lipinski definition) is 0.